The summed E-state index contributed by atoms with van der Waals surface area (Å²) in [5.74, 6) is 0.303. The van der Waals surface area contributed by atoms with E-state index in [-0.39, 0.29) is 12.4 Å². The number of azo groups is 2. The van der Waals surface area contributed by atoms with E-state index >= 15 is 0 Å². The smallest absolute Gasteiger partial charge is 0.194 e. The maximum Gasteiger partial charge on any atom is 0.194 e. The number of rotatable bonds is 7. The summed E-state index contributed by atoms with van der Waals surface area (Å²) in [5.41, 5.74) is 11.0. The van der Waals surface area contributed by atoms with Crippen molar-refractivity contribution in [3.63, 3.8) is 0 Å². The van der Waals surface area contributed by atoms with Gasteiger partial charge in [0.15, 0.2) is 11.8 Å². The molecule has 3 aromatic carbocycles. The van der Waals surface area contributed by atoms with E-state index in [0.717, 1.165) is 16.7 Å². The molecule has 0 amide bonds. The number of carbonyl (C=O) groups is 1. The van der Waals surface area contributed by atoms with Crippen LogP contribution in [0.1, 0.15) is 28.4 Å². The quantitative estimate of drug-likeness (QED) is 0.182. The van der Waals surface area contributed by atoms with Gasteiger partial charge in [0.1, 0.15) is 18.0 Å². The molecule has 0 aromatic heterocycles. The SMILES string of the molecule is COc1cc(N=Nc2ccc(COO)cc2)ccc1N=NC1C(=O)c2cc(N)ccc2C=C1C. The number of Topliss-reactive ketones (excluding diaryl/α,β-unsaturated/α-hetero) is 1. The van der Waals surface area contributed by atoms with E-state index in [1.807, 2.05) is 19.1 Å². The monoisotopic (exact) mass is 457 g/mol. The van der Waals surface area contributed by atoms with Crippen molar-refractivity contribution >= 4 is 34.6 Å². The van der Waals surface area contributed by atoms with E-state index in [1.165, 1.54) is 7.11 Å². The highest BCUT2D eigenvalue weighted by Gasteiger charge is 2.28. The molecule has 9 nitrogen and oxygen atoms in total. The maximum atomic E-state index is 13.0. The van der Waals surface area contributed by atoms with Crippen LogP contribution in [-0.4, -0.2) is 24.2 Å². The molecule has 1 aliphatic carbocycles. The number of nitrogen functional groups attached to an aromatic ring is 1. The van der Waals surface area contributed by atoms with Crippen molar-refractivity contribution in [2.75, 3.05) is 12.8 Å². The van der Waals surface area contributed by atoms with Gasteiger partial charge in [-0.3, -0.25) is 10.1 Å². The number of anilines is 1. The Labute approximate surface area is 196 Å². The number of ketones is 1. The normalized spacial score (nSPS) is 15.6. The van der Waals surface area contributed by atoms with Crippen molar-refractivity contribution in [2.45, 2.75) is 19.6 Å². The van der Waals surface area contributed by atoms with Gasteiger partial charge in [0, 0.05) is 17.3 Å². The summed E-state index contributed by atoms with van der Waals surface area (Å²) < 4.78 is 5.44. The first kappa shape index (κ1) is 23.0. The standard InChI is InChI=1S/C25H23N5O4/c1-15-11-17-5-6-18(26)12-21(17)25(31)24(15)30-29-22-10-9-20(13-23(22)33-2)28-27-19-7-3-16(4-8-19)14-34-32/h3-13,24,32H,14,26H2,1-2H3. The van der Waals surface area contributed by atoms with E-state index in [2.05, 4.69) is 25.3 Å². The molecule has 1 aliphatic rings. The Kier molecular flexibility index (Phi) is 6.86. The number of nitrogens with two attached hydrogens (primary N) is 1. The Morgan fingerprint density at radius 2 is 1.71 bits per heavy atom. The van der Waals surface area contributed by atoms with E-state index in [4.69, 9.17) is 15.7 Å². The number of fused-ring (bicyclic) bond motifs is 1. The molecular formula is C25H23N5O4. The van der Waals surface area contributed by atoms with Crippen LogP contribution in [0.15, 0.2) is 86.7 Å². The van der Waals surface area contributed by atoms with Crippen LogP contribution in [-0.2, 0) is 11.5 Å². The molecular weight excluding hydrogens is 434 g/mol. The lowest BCUT2D eigenvalue weighted by Gasteiger charge is -2.19. The highest BCUT2D eigenvalue weighted by atomic mass is 17.1. The third-order valence-electron chi connectivity index (χ3n) is 5.30. The summed E-state index contributed by atoms with van der Waals surface area (Å²) >= 11 is 0. The van der Waals surface area contributed by atoms with E-state index in [0.29, 0.717) is 34.1 Å². The minimum atomic E-state index is -0.724. The first-order valence-corrected chi connectivity index (χ1v) is 10.5. The third kappa shape index (κ3) is 5.06. The second-order valence-electron chi connectivity index (χ2n) is 7.71. The highest BCUT2D eigenvalue weighted by molar-refractivity contribution is 6.08. The third-order valence-corrected chi connectivity index (χ3v) is 5.30. The van der Waals surface area contributed by atoms with Gasteiger partial charge in [0.2, 0.25) is 0 Å². The van der Waals surface area contributed by atoms with Gasteiger partial charge in [-0.1, -0.05) is 24.3 Å². The molecule has 0 radical (unpaired) electrons. The lowest BCUT2D eigenvalue weighted by atomic mass is 9.88. The van der Waals surface area contributed by atoms with Gasteiger partial charge in [-0.25, -0.2) is 4.89 Å². The average Bonchev–Trinajstić information content (AvgIpc) is 2.84. The highest BCUT2D eigenvalue weighted by Crippen LogP contribution is 2.34. The first-order valence-electron chi connectivity index (χ1n) is 10.5. The molecule has 0 saturated heterocycles. The Balaban J connectivity index is 1.52. The van der Waals surface area contributed by atoms with Crippen molar-refractivity contribution < 1.29 is 19.7 Å². The zero-order valence-corrected chi connectivity index (χ0v) is 18.7. The second-order valence-corrected chi connectivity index (χ2v) is 7.71. The largest absolute Gasteiger partial charge is 0.494 e. The number of benzene rings is 3. The summed E-state index contributed by atoms with van der Waals surface area (Å²) in [6, 6.07) is 16.8. The van der Waals surface area contributed by atoms with Crippen molar-refractivity contribution in [2.24, 2.45) is 20.5 Å². The average molecular weight is 457 g/mol. The van der Waals surface area contributed by atoms with Crippen LogP contribution in [0.5, 0.6) is 5.75 Å². The van der Waals surface area contributed by atoms with Crippen LogP contribution in [0, 0.1) is 0 Å². The van der Waals surface area contributed by atoms with Gasteiger partial charge in [0.25, 0.3) is 0 Å². The van der Waals surface area contributed by atoms with Crippen molar-refractivity contribution in [1.29, 1.82) is 0 Å². The number of carbonyl (C=O) groups excluding carboxylic acids is 1. The maximum absolute atomic E-state index is 13.0. The fraction of sp³-hybridized carbons (Fsp3) is 0.160. The summed E-state index contributed by atoms with van der Waals surface area (Å²) in [7, 11) is 1.52. The van der Waals surface area contributed by atoms with Crippen LogP contribution in [0.2, 0.25) is 0 Å². The molecule has 0 heterocycles. The summed E-state index contributed by atoms with van der Waals surface area (Å²) in [6.45, 7) is 1.96. The zero-order chi connectivity index (χ0) is 24.1. The Hall–Kier alpha value is -4.21. The molecule has 1 atom stereocenters. The molecule has 3 aromatic rings. The minimum Gasteiger partial charge on any atom is -0.494 e. The number of hydrogen-bond donors (Lipinski definition) is 2. The van der Waals surface area contributed by atoms with Crippen molar-refractivity contribution in [1.82, 2.24) is 0 Å². The number of nitrogens with zero attached hydrogens (tertiary/aromatic N) is 4. The zero-order valence-electron chi connectivity index (χ0n) is 18.7. The molecule has 0 fully saturated rings. The van der Waals surface area contributed by atoms with Gasteiger partial charge in [-0.2, -0.15) is 20.5 Å². The minimum absolute atomic E-state index is 0.104. The van der Waals surface area contributed by atoms with Crippen molar-refractivity contribution in [3.8, 4) is 5.75 Å². The van der Waals surface area contributed by atoms with Crippen LogP contribution in [0.3, 0.4) is 0 Å². The topological polar surface area (TPSA) is 131 Å². The van der Waals surface area contributed by atoms with Crippen molar-refractivity contribution in [3.05, 3.63) is 82.9 Å². The molecule has 0 saturated carbocycles. The Morgan fingerprint density at radius 1 is 0.971 bits per heavy atom. The molecule has 9 heteroatoms. The predicted octanol–water partition coefficient (Wildman–Crippen LogP) is 6.43. The molecule has 34 heavy (non-hydrogen) atoms. The molecule has 1 unspecified atom stereocenters. The molecule has 0 bridgehead atoms. The van der Waals surface area contributed by atoms with Gasteiger partial charge in [-0.15, -0.1) is 0 Å². The number of ether oxygens (including phenoxy) is 1. The first-order chi connectivity index (χ1) is 16.5. The molecule has 0 aliphatic heterocycles. The Morgan fingerprint density at radius 3 is 2.44 bits per heavy atom. The lowest BCUT2D eigenvalue weighted by Crippen LogP contribution is -2.24. The summed E-state index contributed by atoms with van der Waals surface area (Å²) in [5, 5.41) is 25.5. The number of hydrogen-bond acceptors (Lipinski definition) is 9. The molecule has 172 valence electrons. The fourth-order valence-electron chi connectivity index (χ4n) is 3.51. The van der Waals surface area contributed by atoms with E-state index < -0.39 is 6.04 Å². The van der Waals surface area contributed by atoms with Gasteiger partial charge in [0.05, 0.1) is 18.5 Å². The van der Waals surface area contributed by atoms with Gasteiger partial charge in [-0.05, 0) is 60.0 Å². The summed E-state index contributed by atoms with van der Waals surface area (Å²) in [6.07, 6.45) is 1.92. The molecule has 0 spiro atoms. The van der Waals surface area contributed by atoms with Crippen LogP contribution in [0.25, 0.3) is 6.08 Å². The predicted molar refractivity (Wildman–Crippen MR) is 128 cm³/mol. The molecule has 3 N–H and O–H groups in total. The van der Waals surface area contributed by atoms with Crippen LogP contribution >= 0.6 is 0 Å². The summed E-state index contributed by atoms with van der Waals surface area (Å²) in [4.78, 5) is 17.1. The van der Waals surface area contributed by atoms with E-state index in [9.17, 15) is 4.79 Å². The van der Waals surface area contributed by atoms with Gasteiger partial charge >= 0.3 is 0 Å². The van der Waals surface area contributed by atoms with Crippen LogP contribution in [0.4, 0.5) is 22.7 Å². The molecule has 4 rings (SSSR count). The van der Waals surface area contributed by atoms with Gasteiger partial charge < -0.3 is 10.5 Å². The Bertz CT molecular complexity index is 1300. The van der Waals surface area contributed by atoms with Crippen LogP contribution < -0.4 is 10.5 Å². The fourth-order valence-corrected chi connectivity index (χ4v) is 3.51. The lowest BCUT2D eigenvalue weighted by molar-refractivity contribution is -0.253. The number of methoxy groups -OCH3 is 1. The second kappa shape index (κ2) is 10.2. The van der Waals surface area contributed by atoms with E-state index in [1.54, 1.807) is 54.6 Å².